The predicted molar refractivity (Wildman–Crippen MR) is 45.5 cm³/mol. The Kier molecular flexibility index (Phi) is 7.89. The van der Waals surface area contributed by atoms with Crippen molar-refractivity contribution in [1.29, 1.82) is 0 Å². The Morgan fingerprint density at radius 2 is 1.82 bits per heavy atom. The Balaban J connectivity index is 3.02. The van der Waals surface area contributed by atoms with E-state index in [1.54, 1.807) is 0 Å². The fourth-order valence-corrected chi connectivity index (χ4v) is 0.927. The maximum absolute atomic E-state index is 8.52. The second kappa shape index (κ2) is 7.98. The third kappa shape index (κ3) is 7.78. The van der Waals surface area contributed by atoms with Gasteiger partial charge < -0.3 is 15.5 Å². The lowest BCUT2D eigenvalue weighted by atomic mass is 10.2. The highest BCUT2D eigenvalue weighted by Crippen LogP contribution is 1.94. The van der Waals surface area contributed by atoms with Crippen LogP contribution < -0.4 is 5.32 Å². The van der Waals surface area contributed by atoms with Crippen molar-refractivity contribution in [2.75, 3.05) is 19.8 Å². The fraction of sp³-hybridized carbons (Fsp3) is 1.00. The number of rotatable bonds is 7. The fourth-order valence-electron chi connectivity index (χ4n) is 0.927. The van der Waals surface area contributed by atoms with Gasteiger partial charge in [0.05, 0.1) is 0 Å². The van der Waals surface area contributed by atoms with E-state index in [0.717, 1.165) is 25.8 Å². The number of hydrogen-bond acceptors (Lipinski definition) is 3. The topological polar surface area (TPSA) is 52.5 Å². The molecule has 0 aromatic heterocycles. The molecular formula is C8H19NO2. The molecule has 11 heavy (non-hydrogen) atoms. The summed E-state index contributed by atoms with van der Waals surface area (Å²) in [5.74, 6) is 0. The van der Waals surface area contributed by atoms with Crippen LogP contribution in [0.5, 0.6) is 0 Å². The van der Waals surface area contributed by atoms with E-state index in [1.165, 1.54) is 0 Å². The highest BCUT2D eigenvalue weighted by Gasteiger charge is 1.98. The molecule has 0 amide bonds. The molecule has 0 radical (unpaired) electrons. The van der Waals surface area contributed by atoms with Gasteiger partial charge in [-0.25, -0.2) is 0 Å². The normalized spacial score (nSPS) is 13.4. The molecule has 0 aliphatic rings. The van der Waals surface area contributed by atoms with Crippen molar-refractivity contribution in [2.45, 2.75) is 32.2 Å². The molecule has 1 atom stereocenters. The van der Waals surface area contributed by atoms with E-state index in [9.17, 15) is 0 Å². The second-order valence-corrected chi connectivity index (χ2v) is 2.80. The molecule has 0 aromatic rings. The van der Waals surface area contributed by atoms with Gasteiger partial charge in [-0.3, -0.25) is 0 Å². The van der Waals surface area contributed by atoms with E-state index in [2.05, 4.69) is 12.2 Å². The lowest BCUT2D eigenvalue weighted by Crippen LogP contribution is -2.27. The van der Waals surface area contributed by atoms with Crippen LogP contribution in [0.4, 0.5) is 0 Å². The molecule has 0 fully saturated rings. The average molecular weight is 161 g/mol. The molecule has 0 saturated heterocycles. The first-order chi connectivity index (χ1) is 5.31. The van der Waals surface area contributed by atoms with Crippen molar-refractivity contribution >= 4 is 0 Å². The largest absolute Gasteiger partial charge is 0.396 e. The summed E-state index contributed by atoms with van der Waals surface area (Å²) in [6, 6.07) is 0.452. The molecule has 3 heteroatoms. The molecule has 0 bridgehead atoms. The van der Waals surface area contributed by atoms with Crippen LogP contribution in [0.25, 0.3) is 0 Å². The summed E-state index contributed by atoms with van der Waals surface area (Å²) >= 11 is 0. The van der Waals surface area contributed by atoms with Gasteiger partial charge in [0.2, 0.25) is 0 Å². The Morgan fingerprint density at radius 1 is 1.18 bits per heavy atom. The predicted octanol–water partition coefficient (Wildman–Crippen LogP) is 0.119. The Labute approximate surface area is 68.4 Å². The van der Waals surface area contributed by atoms with Crippen molar-refractivity contribution in [3.63, 3.8) is 0 Å². The third-order valence-corrected chi connectivity index (χ3v) is 1.62. The first kappa shape index (κ1) is 10.9. The molecule has 0 spiro atoms. The minimum Gasteiger partial charge on any atom is -0.396 e. The van der Waals surface area contributed by atoms with E-state index in [-0.39, 0.29) is 13.2 Å². The zero-order valence-electron chi connectivity index (χ0n) is 7.21. The van der Waals surface area contributed by atoms with Crippen LogP contribution in [0, 0.1) is 0 Å². The molecule has 3 nitrogen and oxygen atoms in total. The molecule has 0 rings (SSSR count). The van der Waals surface area contributed by atoms with Crippen LogP contribution in [-0.2, 0) is 0 Å². The van der Waals surface area contributed by atoms with Gasteiger partial charge in [-0.2, -0.15) is 0 Å². The van der Waals surface area contributed by atoms with Crippen molar-refractivity contribution < 1.29 is 10.2 Å². The zero-order valence-corrected chi connectivity index (χ0v) is 7.21. The molecule has 0 saturated carbocycles. The SMILES string of the molecule is CC(CCCO)NCCCO. The summed E-state index contributed by atoms with van der Waals surface area (Å²) in [6.07, 6.45) is 2.67. The molecule has 0 aliphatic carbocycles. The molecule has 3 N–H and O–H groups in total. The van der Waals surface area contributed by atoms with Gasteiger partial charge in [-0.05, 0) is 32.7 Å². The second-order valence-electron chi connectivity index (χ2n) is 2.80. The zero-order chi connectivity index (χ0) is 8.53. The Morgan fingerprint density at radius 3 is 2.36 bits per heavy atom. The van der Waals surface area contributed by atoms with Crippen LogP contribution in [0.15, 0.2) is 0 Å². The van der Waals surface area contributed by atoms with E-state index < -0.39 is 0 Å². The summed E-state index contributed by atoms with van der Waals surface area (Å²) in [4.78, 5) is 0. The Hall–Kier alpha value is -0.120. The van der Waals surface area contributed by atoms with Crippen LogP contribution in [-0.4, -0.2) is 36.0 Å². The van der Waals surface area contributed by atoms with Gasteiger partial charge >= 0.3 is 0 Å². The smallest absolute Gasteiger partial charge is 0.0443 e. The average Bonchev–Trinajstić information content (AvgIpc) is 2.01. The van der Waals surface area contributed by atoms with Crippen LogP contribution in [0.2, 0.25) is 0 Å². The molecule has 0 aromatic carbocycles. The van der Waals surface area contributed by atoms with Gasteiger partial charge in [0.1, 0.15) is 0 Å². The monoisotopic (exact) mass is 161 g/mol. The number of aliphatic hydroxyl groups excluding tert-OH is 2. The minimum atomic E-state index is 0.250. The molecule has 68 valence electrons. The molecule has 0 aliphatic heterocycles. The first-order valence-corrected chi connectivity index (χ1v) is 4.26. The highest BCUT2D eigenvalue weighted by atomic mass is 16.3. The van der Waals surface area contributed by atoms with Crippen LogP contribution in [0.1, 0.15) is 26.2 Å². The van der Waals surface area contributed by atoms with Crippen molar-refractivity contribution in [1.82, 2.24) is 5.32 Å². The number of nitrogens with one attached hydrogen (secondary N) is 1. The van der Waals surface area contributed by atoms with Gasteiger partial charge in [0.15, 0.2) is 0 Å². The summed E-state index contributed by atoms with van der Waals surface area (Å²) < 4.78 is 0. The van der Waals surface area contributed by atoms with Crippen LogP contribution >= 0.6 is 0 Å². The van der Waals surface area contributed by atoms with E-state index in [0.29, 0.717) is 6.04 Å². The summed E-state index contributed by atoms with van der Waals surface area (Å²) in [5.41, 5.74) is 0. The standard InChI is InChI=1S/C8H19NO2/c1-8(4-2-6-10)9-5-3-7-11/h8-11H,2-7H2,1H3. The lowest BCUT2D eigenvalue weighted by molar-refractivity contribution is 0.269. The van der Waals surface area contributed by atoms with E-state index >= 15 is 0 Å². The summed E-state index contributed by atoms with van der Waals surface area (Å²) in [7, 11) is 0. The minimum absolute atomic E-state index is 0.250. The van der Waals surface area contributed by atoms with Gasteiger partial charge in [-0.15, -0.1) is 0 Å². The van der Waals surface area contributed by atoms with Crippen LogP contribution in [0.3, 0.4) is 0 Å². The van der Waals surface area contributed by atoms with Crippen molar-refractivity contribution in [2.24, 2.45) is 0 Å². The quantitative estimate of drug-likeness (QED) is 0.465. The van der Waals surface area contributed by atoms with Gasteiger partial charge in [0.25, 0.3) is 0 Å². The third-order valence-electron chi connectivity index (χ3n) is 1.62. The van der Waals surface area contributed by atoms with Crippen molar-refractivity contribution in [3.8, 4) is 0 Å². The summed E-state index contributed by atoms with van der Waals surface area (Å²) in [5, 5.41) is 20.2. The molecule has 1 unspecified atom stereocenters. The summed E-state index contributed by atoms with van der Waals surface area (Å²) in [6.45, 7) is 3.47. The Bertz CT molecular complexity index is 78.5. The molecule has 0 heterocycles. The highest BCUT2D eigenvalue weighted by molar-refractivity contribution is 4.59. The van der Waals surface area contributed by atoms with E-state index in [4.69, 9.17) is 10.2 Å². The maximum atomic E-state index is 8.52. The van der Waals surface area contributed by atoms with Gasteiger partial charge in [0, 0.05) is 19.3 Å². The van der Waals surface area contributed by atoms with Gasteiger partial charge in [-0.1, -0.05) is 0 Å². The number of hydrogen-bond donors (Lipinski definition) is 3. The van der Waals surface area contributed by atoms with E-state index in [1.807, 2.05) is 0 Å². The first-order valence-electron chi connectivity index (χ1n) is 4.26. The van der Waals surface area contributed by atoms with Crippen molar-refractivity contribution in [3.05, 3.63) is 0 Å². The lowest BCUT2D eigenvalue weighted by Gasteiger charge is -2.11. The number of aliphatic hydroxyl groups is 2. The molecular weight excluding hydrogens is 142 g/mol. The maximum Gasteiger partial charge on any atom is 0.0443 e.